The standard InChI is InChI=1S/C8H9FO4/c1-3-4(2)8(9,7(12)13)5(3)6(10)11/h5H,1-2H3,(H,10,11)(H,12,13)/t5-,8+/m1/s1. The third kappa shape index (κ3) is 0.961. The molecule has 0 aromatic carbocycles. The highest BCUT2D eigenvalue weighted by Crippen LogP contribution is 2.47. The molecule has 0 saturated carbocycles. The topological polar surface area (TPSA) is 74.6 Å². The van der Waals surface area contributed by atoms with Crippen LogP contribution in [-0.4, -0.2) is 27.8 Å². The maximum atomic E-state index is 13.5. The van der Waals surface area contributed by atoms with Gasteiger partial charge in [0.25, 0.3) is 0 Å². The summed E-state index contributed by atoms with van der Waals surface area (Å²) in [6.07, 6.45) is 0. The fourth-order valence-corrected chi connectivity index (χ4v) is 1.58. The molecule has 4 nitrogen and oxygen atoms in total. The van der Waals surface area contributed by atoms with Crippen LogP contribution in [0, 0.1) is 5.92 Å². The zero-order valence-electron chi connectivity index (χ0n) is 7.17. The normalized spacial score (nSPS) is 32.7. The van der Waals surface area contributed by atoms with Crippen LogP contribution < -0.4 is 0 Å². The van der Waals surface area contributed by atoms with Gasteiger partial charge in [-0.1, -0.05) is 5.57 Å². The summed E-state index contributed by atoms with van der Waals surface area (Å²) in [5.41, 5.74) is -2.43. The predicted octanol–water partition coefficient (Wildman–Crippen LogP) is 0.830. The van der Waals surface area contributed by atoms with E-state index >= 15 is 0 Å². The van der Waals surface area contributed by atoms with E-state index in [1.54, 1.807) is 0 Å². The first-order chi connectivity index (χ1) is 5.83. The first-order valence-corrected chi connectivity index (χ1v) is 3.66. The largest absolute Gasteiger partial charge is 0.481 e. The van der Waals surface area contributed by atoms with Gasteiger partial charge in [0.2, 0.25) is 5.67 Å². The van der Waals surface area contributed by atoms with Crippen LogP contribution in [0.25, 0.3) is 0 Å². The van der Waals surface area contributed by atoms with Crippen molar-refractivity contribution in [3.63, 3.8) is 0 Å². The van der Waals surface area contributed by atoms with E-state index in [2.05, 4.69) is 0 Å². The number of carbonyl (C=O) groups is 2. The van der Waals surface area contributed by atoms with E-state index in [1.807, 2.05) is 0 Å². The molecule has 1 aliphatic rings. The van der Waals surface area contributed by atoms with Gasteiger partial charge in [-0.15, -0.1) is 0 Å². The molecule has 1 rings (SSSR count). The first-order valence-electron chi connectivity index (χ1n) is 3.66. The third-order valence-electron chi connectivity index (χ3n) is 2.53. The molecule has 13 heavy (non-hydrogen) atoms. The molecule has 0 aromatic rings. The van der Waals surface area contributed by atoms with E-state index in [1.165, 1.54) is 13.8 Å². The molecular formula is C8H9FO4. The molecule has 0 amide bonds. The molecule has 0 heterocycles. The number of hydrogen-bond donors (Lipinski definition) is 2. The summed E-state index contributed by atoms with van der Waals surface area (Å²) < 4.78 is 13.5. The molecule has 0 radical (unpaired) electrons. The van der Waals surface area contributed by atoms with E-state index < -0.39 is 23.5 Å². The van der Waals surface area contributed by atoms with E-state index in [0.717, 1.165) is 0 Å². The minimum absolute atomic E-state index is 0.00704. The molecule has 0 spiro atoms. The minimum atomic E-state index is -2.71. The summed E-state index contributed by atoms with van der Waals surface area (Å²) in [5, 5.41) is 17.1. The zero-order valence-corrected chi connectivity index (χ0v) is 7.17. The van der Waals surface area contributed by atoms with Crippen LogP contribution in [0.2, 0.25) is 0 Å². The van der Waals surface area contributed by atoms with Gasteiger partial charge in [-0.2, -0.15) is 0 Å². The second-order valence-corrected chi connectivity index (χ2v) is 3.10. The highest BCUT2D eigenvalue weighted by molar-refractivity contribution is 5.95. The van der Waals surface area contributed by atoms with Gasteiger partial charge in [-0.05, 0) is 19.4 Å². The molecule has 5 heteroatoms. The molecule has 0 unspecified atom stereocenters. The van der Waals surface area contributed by atoms with Crippen molar-refractivity contribution in [1.29, 1.82) is 0 Å². The van der Waals surface area contributed by atoms with Crippen LogP contribution in [0.1, 0.15) is 13.8 Å². The first kappa shape index (κ1) is 9.70. The van der Waals surface area contributed by atoms with Crippen molar-refractivity contribution in [3.05, 3.63) is 11.1 Å². The van der Waals surface area contributed by atoms with Crippen LogP contribution in [0.5, 0.6) is 0 Å². The van der Waals surface area contributed by atoms with Gasteiger partial charge in [0.15, 0.2) is 0 Å². The van der Waals surface area contributed by atoms with E-state index in [9.17, 15) is 14.0 Å². The number of aliphatic carboxylic acids is 2. The van der Waals surface area contributed by atoms with Crippen molar-refractivity contribution < 1.29 is 24.2 Å². The number of alkyl halides is 1. The summed E-state index contributed by atoms with van der Waals surface area (Å²) in [6.45, 7) is 2.72. The molecule has 1 aliphatic carbocycles. The number of carboxylic acid groups (broad SMARTS) is 2. The Labute approximate surface area is 73.7 Å². The molecule has 0 saturated heterocycles. The Morgan fingerprint density at radius 1 is 1.38 bits per heavy atom. The Morgan fingerprint density at radius 3 is 2.08 bits per heavy atom. The lowest BCUT2D eigenvalue weighted by Crippen LogP contribution is -2.54. The van der Waals surface area contributed by atoms with Gasteiger partial charge in [0, 0.05) is 0 Å². The van der Waals surface area contributed by atoms with E-state index in [-0.39, 0.29) is 11.1 Å². The second-order valence-electron chi connectivity index (χ2n) is 3.10. The highest BCUT2D eigenvalue weighted by Gasteiger charge is 2.60. The Morgan fingerprint density at radius 2 is 1.85 bits per heavy atom. The summed E-state index contributed by atoms with van der Waals surface area (Å²) in [6, 6.07) is 0. The Hall–Kier alpha value is -1.39. The fraction of sp³-hybridized carbons (Fsp3) is 0.500. The average molecular weight is 188 g/mol. The van der Waals surface area contributed by atoms with Crippen molar-refractivity contribution in [2.45, 2.75) is 19.5 Å². The minimum Gasteiger partial charge on any atom is -0.481 e. The van der Waals surface area contributed by atoms with Crippen molar-refractivity contribution in [2.24, 2.45) is 5.92 Å². The second kappa shape index (κ2) is 2.55. The average Bonchev–Trinajstić information content (AvgIpc) is 2.02. The van der Waals surface area contributed by atoms with E-state index in [0.29, 0.717) is 0 Å². The summed E-state index contributed by atoms with van der Waals surface area (Å²) in [7, 11) is 0. The fourth-order valence-electron chi connectivity index (χ4n) is 1.58. The smallest absolute Gasteiger partial charge is 0.347 e. The number of halogens is 1. The van der Waals surface area contributed by atoms with Crippen molar-refractivity contribution in [3.8, 4) is 0 Å². The summed E-state index contributed by atoms with van der Waals surface area (Å²) in [4.78, 5) is 21.0. The van der Waals surface area contributed by atoms with Crippen LogP contribution in [-0.2, 0) is 9.59 Å². The van der Waals surface area contributed by atoms with Gasteiger partial charge in [-0.3, -0.25) is 4.79 Å². The maximum Gasteiger partial charge on any atom is 0.347 e. The van der Waals surface area contributed by atoms with Crippen LogP contribution in [0.4, 0.5) is 4.39 Å². The van der Waals surface area contributed by atoms with Gasteiger partial charge >= 0.3 is 11.9 Å². The van der Waals surface area contributed by atoms with Gasteiger partial charge in [0.1, 0.15) is 5.92 Å². The third-order valence-corrected chi connectivity index (χ3v) is 2.53. The van der Waals surface area contributed by atoms with Crippen molar-refractivity contribution in [1.82, 2.24) is 0 Å². The Balaban J connectivity index is 3.17. The zero-order chi connectivity index (χ0) is 10.4. The Kier molecular flexibility index (Phi) is 1.90. The number of carboxylic acids is 2. The van der Waals surface area contributed by atoms with Crippen LogP contribution in [0.15, 0.2) is 11.1 Å². The number of hydrogen-bond acceptors (Lipinski definition) is 2. The highest BCUT2D eigenvalue weighted by atomic mass is 19.1. The molecular weight excluding hydrogens is 179 g/mol. The number of rotatable bonds is 2. The summed E-state index contributed by atoms with van der Waals surface area (Å²) in [5.74, 6) is -4.71. The van der Waals surface area contributed by atoms with Crippen LogP contribution >= 0.6 is 0 Å². The van der Waals surface area contributed by atoms with Gasteiger partial charge in [0.05, 0.1) is 0 Å². The van der Waals surface area contributed by atoms with E-state index in [4.69, 9.17) is 10.2 Å². The molecule has 0 aliphatic heterocycles. The maximum absolute atomic E-state index is 13.5. The molecule has 72 valence electrons. The van der Waals surface area contributed by atoms with Gasteiger partial charge < -0.3 is 10.2 Å². The quantitative estimate of drug-likeness (QED) is 0.629. The molecule has 0 bridgehead atoms. The Bertz CT molecular complexity index is 320. The molecule has 2 atom stereocenters. The predicted molar refractivity (Wildman–Crippen MR) is 41.0 cm³/mol. The van der Waals surface area contributed by atoms with Crippen molar-refractivity contribution >= 4 is 11.9 Å². The lowest BCUT2D eigenvalue weighted by atomic mass is 9.66. The van der Waals surface area contributed by atoms with Crippen molar-refractivity contribution in [2.75, 3.05) is 0 Å². The summed E-state index contributed by atoms with van der Waals surface area (Å²) >= 11 is 0. The molecule has 0 fully saturated rings. The lowest BCUT2D eigenvalue weighted by Gasteiger charge is -2.39. The van der Waals surface area contributed by atoms with Gasteiger partial charge in [-0.25, -0.2) is 9.18 Å². The SMILES string of the molecule is CC1=C(C)[C@@](F)(C(=O)O)[C@H]1C(=O)O. The molecule has 2 N–H and O–H groups in total. The molecule has 0 aromatic heterocycles. The lowest BCUT2D eigenvalue weighted by molar-refractivity contribution is -0.162. The monoisotopic (exact) mass is 188 g/mol. The van der Waals surface area contributed by atoms with Crippen LogP contribution in [0.3, 0.4) is 0 Å².